The number of aromatic hydroxyl groups is 1. The van der Waals surface area contributed by atoms with Gasteiger partial charge in [0.05, 0.1) is 16.6 Å². The van der Waals surface area contributed by atoms with E-state index in [0.29, 0.717) is 37.0 Å². The van der Waals surface area contributed by atoms with E-state index in [0.717, 1.165) is 18.9 Å². The second-order valence-electron chi connectivity index (χ2n) is 11.4. The number of aryl methyl sites for hydroxylation is 1. The van der Waals surface area contributed by atoms with E-state index in [2.05, 4.69) is 31.5 Å². The number of alkyl halides is 1. The predicted molar refractivity (Wildman–Crippen MR) is 159 cm³/mol. The zero-order valence-corrected chi connectivity index (χ0v) is 24.2. The molecule has 0 radical (unpaired) electrons. The van der Waals surface area contributed by atoms with Gasteiger partial charge in [-0.3, -0.25) is 5.32 Å². The molecule has 0 amide bonds. The predicted octanol–water partition coefficient (Wildman–Crippen LogP) is 3.96. The number of phenols is 1. The number of aliphatic hydroxyl groups excluding tert-OH is 1. The van der Waals surface area contributed by atoms with E-state index in [1.54, 1.807) is 0 Å². The molecule has 5 N–H and O–H groups in total. The molecule has 0 bridgehead atoms. The van der Waals surface area contributed by atoms with Crippen LogP contribution < -0.4 is 20.1 Å². The molecule has 2 aliphatic heterocycles. The zero-order chi connectivity index (χ0) is 31.7. The summed E-state index contributed by atoms with van der Waals surface area (Å²) < 4.78 is 54.0. The van der Waals surface area contributed by atoms with Gasteiger partial charge in [0, 0.05) is 23.0 Å². The molecule has 2 aromatic heterocycles. The molecule has 1 saturated carbocycles. The topological polar surface area (TPSA) is 142 Å². The number of halogens is 3. The number of pyridine rings is 1. The number of aliphatic hydroxyl groups is 2. The van der Waals surface area contributed by atoms with Crippen LogP contribution in [0.1, 0.15) is 49.8 Å². The van der Waals surface area contributed by atoms with Crippen LogP contribution in [0.15, 0.2) is 24.3 Å². The standard InChI is InChI=1S/C25H20F2N4O5.C7H12FN/c1-2-14-16(26)7-6-12-9-13(32)10-15(18(12)14)21-20(27)22-19-17(29-24(31-22)36-25(33)34)5-3-4-8-28-11-35-23(19)30-21;8-6-4-7(9-5-6)2-1-3-7/h1,6-7,9-10,25,28,32-34H,3-5,8,11H2;6,9H,1-5H2. The quantitative estimate of drug-likeness (QED) is 0.168. The number of nitrogens with one attached hydrogen (secondary N) is 2. The lowest BCUT2D eigenvalue weighted by atomic mass is 9.76. The van der Waals surface area contributed by atoms with Crippen molar-refractivity contribution in [3.63, 3.8) is 0 Å². The van der Waals surface area contributed by atoms with E-state index in [4.69, 9.17) is 15.9 Å². The first-order valence-electron chi connectivity index (χ1n) is 14.8. The average molecular weight is 624 g/mol. The number of phenolic OH excluding ortho intramolecular Hbond substituents is 1. The highest BCUT2D eigenvalue weighted by atomic mass is 19.1. The maximum Gasteiger partial charge on any atom is 0.321 e. The van der Waals surface area contributed by atoms with Crippen molar-refractivity contribution in [3.05, 3.63) is 47.2 Å². The molecule has 1 spiro atoms. The van der Waals surface area contributed by atoms with Crippen molar-refractivity contribution < 1.29 is 38.0 Å². The molecule has 1 atom stereocenters. The summed E-state index contributed by atoms with van der Waals surface area (Å²) in [6, 6.07) is 4.71. The maximum absolute atomic E-state index is 16.2. The van der Waals surface area contributed by atoms with Gasteiger partial charge in [-0.25, -0.2) is 18.2 Å². The van der Waals surface area contributed by atoms with E-state index in [1.165, 1.54) is 37.5 Å². The number of nitrogens with zero attached hydrogens (tertiary/aromatic N) is 3. The van der Waals surface area contributed by atoms with Gasteiger partial charge in [0.1, 0.15) is 35.7 Å². The van der Waals surface area contributed by atoms with Crippen LogP contribution in [-0.4, -0.2) is 68.3 Å². The summed E-state index contributed by atoms with van der Waals surface area (Å²) in [5, 5.41) is 35.9. The van der Waals surface area contributed by atoms with Crippen molar-refractivity contribution >= 4 is 21.7 Å². The Morgan fingerprint density at radius 1 is 1.09 bits per heavy atom. The first-order valence-corrected chi connectivity index (χ1v) is 14.8. The lowest BCUT2D eigenvalue weighted by Gasteiger charge is -2.38. The second-order valence-corrected chi connectivity index (χ2v) is 11.4. The smallest absolute Gasteiger partial charge is 0.321 e. The van der Waals surface area contributed by atoms with Crippen LogP contribution in [0.2, 0.25) is 0 Å². The summed E-state index contributed by atoms with van der Waals surface area (Å²) in [6.45, 7) is -0.918. The maximum atomic E-state index is 16.2. The summed E-state index contributed by atoms with van der Waals surface area (Å²) >= 11 is 0. The largest absolute Gasteiger partial charge is 0.508 e. The Labute approximate surface area is 256 Å². The van der Waals surface area contributed by atoms with Crippen LogP contribution in [0.3, 0.4) is 0 Å². The number of terminal acetylenes is 1. The van der Waals surface area contributed by atoms with Crippen molar-refractivity contribution in [2.45, 2.75) is 63.1 Å². The molecule has 45 heavy (non-hydrogen) atoms. The van der Waals surface area contributed by atoms with Crippen LogP contribution in [0.4, 0.5) is 13.2 Å². The first kappa shape index (κ1) is 30.8. The molecule has 3 aliphatic rings. The van der Waals surface area contributed by atoms with Crippen molar-refractivity contribution in [3.8, 4) is 41.2 Å². The molecule has 1 aliphatic carbocycles. The number of hydrogen-bond donors (Lipinski definition) is 5. The van der Waals surface area contributed by atoms with Crippen LogP contribution in [-0.2, 0) is 6.42 Å². The third kappa shape index (κ3) is 6.19. The molecule has 13 heteroatoms. The molecule has 2 fully saturated rings. The van der Waals surface area contributed by atoms with Gasteiger partial charge < -0.3 is 30.1 Å². The third-order valence-corrected chi connectivity index (χ3v) is 8.42. The minimum Gasteiger partial charge on any atom is -0.508 e. The highest BCUT2D eigenvalue weighted by molar-refractivity contribution is 6.03. The molecule has 1 saturated heterocycles. The fourth-order valence-electron chi connectivity index (χ4n) is 6.16. The fourth-order valence-corrected chi connectivity index (χ4v) is 6.16. The molecule has 236 valence electrons. The summed E-state index contributed by atoms with van der Waals surface area (Å²) in [6.07, 6.45) is 11.3. The summed E-state index contributed by atoms with van der Waals surface area (Å²) in [4.78, 5) is 12.7. The van der Waals surface area contributed by atoms with Gasteiger partial charge in [-0.15, -0.1) is 6.42 Å². The normalized spacial score (nSPS) is 19.0. The summed E-state index contributed by atoms with van der Waals surface area (Å²) in [5.74, 6) is 0.428. The van der Waals surface area contributed by atoms with E-state index < -0.39 is 30.3 Å². The SMILES string of the molecule is C#Cc1c(F)ccc2cc(O)cc(-c3nc4c5c(nc(OC(O)O)nc5c3F)CCCCNCO4)c12.FC1CNC2(CCC2)C1. The van der Waals surface area contributed by atoms with Gasteiger partial charge in [0.2, 0.25) is 5.88 Å². The van der Waals surface area contributed by atoms with Crippen molar-refractivity contribution in [1.29, 1.82) is 0 Å². The molecule has 10 nitrogen and oxygen atoms in total. The Balaban J connectivity index is 0.000000337. The molecule has 1 unspecified atom stereocenters. The van der Waals surface area contributed by atoms with E-state index in [-0.39, 0.29) is 57.0 Å². The van der Waals surface area contributed by atoms with Gasteiger partial charge >= 0.3 is 12.5 Å². The molecular formula is C32H32F3N5O5. The van der Waals surface area contributed by atoms with Gasteiger partial charge in [0.15, 0.2) is 5.82 Å². The van der Waals surface area contributed by atoms with Crippen LogP contribution in [0.25, 0.3) is 32.9 Å². The van der Waals surface area contributed by atoms with Gasteiger partial charge in [-0.05, 0) is 75.1 Å². The van der Waals surface area contributed by atoms with Gasteiger partial charge in [-0.1, -0.05) is 12.0 Å². The minimum atomic E-state index is -2.23. The Bertz CT molecular complexity index is 1790. The molecule has 4 heterocycles. The van der Waals surface area contributed by atoms with Crippen molar-refractivity contribution in [2.24, 2.45) is 0 Å². The van der Waals surface area contributed by atoms with E-state index >= 15 is 4.39 Å². The monoisotopic (exact) mass is 623 g/mol. The molecular weight excluding hydrogens is 591 g/mol. The molecule has 7 rings (SSSR count). The number of rotatable bonds is 3. The Kier molecular flexibility index (Phi) is 8.65. The molecule has 2 aromatic carbocycles. The Morgan fingerprint density at radius 3 is 2.58 bits per heavy atom. The van der Waals surface area contributed by atoms with Crippen LogP contribution in [0.5, 0.6) is 17.6 Å². The van der Waals surface area contributed by atoms with E-state index in [1.807, 2.05) is 0 Å². The van der Waals surface area contributed by atoms with Gasteiger partial charge in [-0.2, -0.15) is 9.97 Å². The van der Waals surface area contributed by atoms with Crippen molar-refractivity contribution in [2.75, 3.05) is 19.8 Å². The summed E-state index contributed by atoms with van der Waals surface area (Å²) in [7, 11) is 0. The Morgan fingerprint density at radius 2 is 1.91 bits per heavy atom. The lowest BCUT2D eigenvalue weighted by molar-refractivity contribution is -0.183. The molecule has 4 aromatic rings. The number of aromatic nitrogens is 3. The highest BCUT2D eigenvalue weighted by Crippen LogP contribution is 2.41. The Hall–Kier alpha value is -4.22. The average Bonchev–Trinajstić information content (AvgIpc) is 3.40. The minimum absolute atomic E-state index is 0.00273. The number of hydrogen-bond acceptors (Lipinski definition) is 10. The van der Waals surface area contributed by atoms with E-state index in [9.17, 15) is 24.1 Å². The summed E-state index contributed by atoms with van der Waals surface area (Å²) in [5.41, 5.74) is -0.0604. The second kappa shape index (κ2) is 12.6. The number of benzene rings is 2. The third-order valence-electron chi connectivity index (χ3n) is 8.42. The number of ether oxygens (including phenoxy) is 2. The lowest BCUT2D eigenvalue weighted by Crippen LogP contribution is -2.45. The zero-order valence-electron chi connectivity index (χ0n) is 24.2. The number of fused-ring (bicyclic) bond motifs is 1. The van der Waals surface area contributed by atoms with Crippen molar-refractivity contribution in [1.82, 2.24) is 25.6 Å². The highest BCUT2D eigenvalue weighted by Gasteiger charge is 2.43. The van der Waals surface area contributed by atoms with Crippen LogP contribution >= 0.6 is 0 Å². The van der Waals surface area contributed by atoms with Crippen LogP contribution in [0, 0.1) is 24.0 Å². The fraction of sp³-hybridized carbons (Fsp3) is 0.406. The van der Waals surface area contributed by atoms with Gasteiger partial charge in [0.25, 0.3) is 0 Å². The first-order chi connectivity index (χ1) is 21.7.